The lowest BCUT2D eigenvalue weighted by atomic mass is 10.0. The van der Waals surface area contributed by atoms with E-state index in [9.17, 15) is 19.4 Å². The molecule has 326 valence electrons. The maximum absolute atomic E-state index is 12.6. The van der Waals surface area contributed by atoms with Crippen molar-refractivity contribution in [1.29, 1.82) is 0 Å². The molecular formula is C46H84NO8P. The van der Waals surface area contributed by atoms with Gasteiger partial charge in [0.2, 0.25) is 0 Å². The molecule has 0 radical (unpaired) electrons. The van der Waals surface area contributed by atoms with Crippen molar-refractivity contribution in [2.45, 2.75) is 180 Å². The minimum Gasteiger partial charge on any atom is -0.756 e. The Kier molecular flexibility index (Phi) is 37.1. The Labute approximate surface area is 343 Å². The fraction of sp³-hybridized carbons (Fsp3) is 0.761. The minimum absolute atomic E-state index is 0.00172. The second kappa shape index (κ2) is 38.5. The van der Waals surface area contributed by atoms with Gasteiger partial charge in [-0.05, 0) is 70.3 Å². The molecule has 0 aromatic rings. The Morgan fingerprint density at radius 2 is 1.16 bits per heavy atom. The number of carbonyl (C=O) groups is 1. The highest BCUT2D eigenvalue weighted by Crippen LogP contribution is 2.38. The lowest BCUT2D eigenvalue weighted by Gasteiger charge is -2.28. The number of ether oxygens (including phenoxy) is 2. The summed E-state index contributed by atoms with van der Waals surface area (Å²) in [4.78, 5) is 25.0. The van der Waals surface area contributed by atoms with Crippen LogP contribution in [0.3, 0.4) is 0 Å². The monoisotopic (exact) mass is 810 g/mol. The van der Waals surface area contributed by atoms with Gasteiger partial charge in [0.15, 0.2) is 6.10 Å². The number of likely N-dealkylation sites (N-methyl/N-ethyl adjacent to an activating group) is 1. The summed E-state index contributed by atoms with van der Waals surface area (Å²) < 4.78 is 34.2. The summed E-state index contributed by atoms with van der Waals surface area (Å²) in [6.45, 7) is 4.38. The molecule has 1 N–H and O–H groups in total. The summed E-state index contributed by atoms with van der Waals surface area (Å²) in [5, 5.41) is 9.57. The maximum Gasteiger partial charge on any atom is 0.306 e. The topological polar surface area (TPSA) is 114 Å². The van der Waals surface area contributed by atoms with Crippen LogP contribution in [0.1, 0.15) is 168 Å². The average molecular weight is 810 g/mol. The third-order valence-corrected chi connectivity index (χ3v) is 10.3. The lowest BCUT2D eigenvalue weighted by Crippen LogP contribution is -2.37. The van der Waals surface area contributed by atoms with E-state index in [1.807, 2.05) is 34.1 Å². The molecule has 0 spiro atoms. The first-order valence-corrected chi connectivity index (χ1v) is 23.6. The molecule has 0 aliphatic carbocycles. The summed E-state index contributed by atoms with van der Waals surface area (Å²) in [6.07, 6.45) is 45.6. The molecular weight excluding hydrogens is 725 g/mol. The number of phosphoric ester groups is 1. The number of hydrogen-bond donors (Lipinski definition) is 1. The molecule has 0 saturated carbocycles. The first kappa shape index (κ1) is 54.0. The van der Waals surface area contributed by atoms with E-state index in [1.165, 1.54) is 83.5 Å². The third-order valence-electron chi connectivity index (χ3n) is 9.30. The number of hydrogen-bond acceptors (Lipinski definition) is 8. The smallest absolute Gasteiger partial charge is 0.306 e. The van der Waals surface area contributed by atoms with Crippen molar-refractivity contribution in [2.75, 3.05) is 47.5 Å². The van der Waals surface area contributed by atoms with Gasteiger partial charge in [-0.1, -0.05) is 146 Å². The maximum atomic E-state index is 12.6. The number of aliphatic hydroxyl groups excluding tert-OH is 1. The Morgan fingerprint density at radius 1 is 0.661 bits per heavy atom. The van der Waals surface area contributed by atoms with Gasteiger partial charge >= 0.3 is 5.97 Å². The van der Waals surface area contributed by atoms with Crippen LogP contribution in [0.5, 0.6) is 0 Å². The number of aliphatic hydroxyl groups is 1. The van der Waals surface area contributed by atoms with Crippen LogP contribution < -0.4 is 4.89 Å². The molecule has 0 aromatic heterocycles. The van der Waals surface area contributed by atoms with Gasteiger partial charge in [-0.3, -0.25) is 9.36 Å². The fourth-order valence-corrected chi connectivity index (χ4v) is 6.39. The summed E-state index contributed by atoms with van der Waals surface area (Å²) in [5.74, 6) is -0.422. The number of allylic oxidation sites excluding steroid dienone is 9. The molecule has 10 heteroatoms. The van der Waals surface area contributed by atoms with Crippen molar-refractivity contribution < 1.29 is 42.4 Å². The zero-order valence-electron chi connectivity index (χ0n) is 36.4. The Morgan fingerprint density at radius 3 is 1.70 bits per heavy atom. The second-order valence-electron chi connectivity index (χ2n) is 15.9. The van der Waals surface area contributed by atoms with Gasteiger partial charge in [-0.2, -0.15) is 0 Å². The van der Waals surface area contributed by atoms with E-state index < -0.39 is 19.9 Å². The molecule has 0 rings (SSSR count). The molecule has 0 aliphatic rings. The summed E-state index contributed by atoms with van der Waals surface area (Å²) in [5.41, 5.74) is 0. The number of rotatable bonds is 40. The first-order chi connectivity index (χ1) is 27.0. The molecule has 0 aromatic carbocycles. The number of nitrogens with zero attached hydrogens (tertiary/aromatic N) is 1. The average Bonchev–Trinajstić information content (AvgIpc) is 3.15. The highest BCUT2D eigenvalue weighted by Gasteiger charge is 2.20. The van der Waals surface area contributed by atoms with Crippen LogP contribution in [0.4, 0.5) is 0 Å². The normalized spacial score (nSPS) is 14.8. The first-order valence-electron chi connectivity index (χ1n) is 22.1. The number of quaternary nitrogens is 1. The molecule has 1 unspecified atom stereocenters. The summed E-state index contributed by atoms with van der Waals surface area (Å²) >= 11 is 0. The minimum atomic E-state index is -4.56. The zero-order chi connectivity index (χ0) is 41.4. The predicted octanol–water partition coefficient (Wildman–Crippen LogP) is 11.6. The van der Waals surface area contributed by atoms with Crippen LogP contribution in [-0.2, 0) is 27.9 Å². The van der Waals surface area contributed by atoms with Gasteiger partial charge in [0.05, 0.1) is 40.1 Å². The molecule has 9 nitrogen and oxygen atoms in total. The molecule has 56 heavy (non-hydrogen) atoms. The summed E-state index contributed by atoms with van der Waals surface area (Å²) in [6, 6.07) is 0. The summed E-state index contributed by atoms with van der Waals surface area (Å²) in [7, 11) is 1.26. The molecule has 0 fully saturated rings. The molecule has 0 heterocycles. The molecule has 3 atom stereocenters. The van der Waals surface area contributed by atoms with E-state index in [4.69, 9.17) is 18.5 Å². The van der Waals surface area contributed by atoms with Gasteiger partial charge in [-0.15, -0.1) is 0 Å². The van der Waals surface area contributed by atoms with Crippen molar-refractivity contribution in [1.82, 2.24) is 0 Å². The van der Waals surface area contributed by atoms with Gasteiger partial charge in [0.25, 0.3) is 7.82 Å². The van der Waals surface area contributed by atoms with E-state index in [-0.39, 0.29) is 32.3 Å². The van der Waals surface area contributed by atoms with Crippen LogP contribution in [0, 0.1) is 0 Å². The SMILES string of the molecule is CCCCCCCCCCCCCCCC/C=C/OC[C@H](COP(=O)([O-])OCC[N+](C)(C)C)OC(=O)CCC/C=C\C/C=C\C/C=C\C/C=C\CC[C@H](O)CC. The Hall–Kier alpha value is -2.00. The van der Waals surface area contributed by atoms with Crippen LogP contribution in [0.25, 0.3) is 0 Å². The van der Waals surface area contributed by atoms with E-state index >= 15 is 0 Å². The van der Waals surface area contributed by atoms with Crippen molar-refractivity contribution in [2.24, 2.45) is 0 Å². The van der Waals surface area contributed by atoms with Gasteiger partial charge < -0.3 is 33.0 Å². The van der Waals surface area contributed by atoms with E-state index in [0.717, 1.165) is 57.8 Å². The number of unbranched alkanes of at least 4 members (excludes halogenated alkanes) is 15. The van der Waals surface area contributed by atoms with Crippen molar-refractivity contribution in [3.05, 3.63) is 60.9 Å². The highest BCUT2D eigenvalue weighted by molar-refractivity contribution is 7.45. The van der Waals surface area contributed by atoms with Crippen LogP contribution >= 0.6 is 7.82 Å². The van der Waals surface area contributed by atoms with Crippen molar-refractivity contribution in [3.8, 4) is 0 Å². The molecule has 0 aliphatic heterocycles. The molecule has 0 saturated heterocycles. The fourth-order valence-electron chi connectivity index (χ4n) is 5.66. The van der Waals surface area contributed by atoms with Gasteiger partial charge in [-0.25, -0.2) is 0 Å². The standard InChI is InChI=1S/C46H84NO8P/c1-6-8-9-10-11-12-13-14-15-18-21-24-27-30-33-36-40-52-42-45(43-54-56(50,51)53-41-39-47(3,4)5)55-46(49)38-35-32-29-26-23-20-17-16-19-22-25-28-31-34-37-44(48)7-2/h17,19-20,22,26,28-29,31,36,40,44-45,48H,6-16,18,21,23-25,27,30,32-35,37-39,41-43H2,1-5H3/b20-17-,22-19-,29-26-,31-28-,40-36+/t44-,45-/m1/s1. The number of carbonyl (C=O) groups excluding carboxylic acids is 1. The zero-order valence-corrected chi connectivity index (χ0v) is 37.3. The van der Waals surface area contributed by atoms with E-state index in [2.05, 4.69) is 55.5 Å². The van der Waals surface area contributed by atoms with Crippen molar-refractivity contribution in [3.63, 3.8) is 0 Å². The lowest BCUT2D eigenvalue weighted by molar-refractivity contribution is -0.870. The molecule has 0 amide bonds. The van der Waals surface area contributed by atoms with E-state index in [0.29, 0.717) is 17.4 Å². The van der Waals surface area contributed by atoms with Crippen molar-refractivity contribution >= 4 is 13.8 Å². The second-order valence-corrected chi connectivity index (χ2v) is 17.3. The largest absolute Gasteiger partial charge is 0.756 e. The van der Waals surface area contributed by atoms with Crippen LogP contribution in [-0.4, -0.2) is 75.3 Å². The van der Waals surface area contributed by atoms with Gasteiger partial charge in [0, 0.05) is 6.42 Å². The van der Waals surface area contributed by atoms with Gasteiger partial charge in [0.1, 0.15) is 19.8 Å². The highest BCUT2D eigenvalue weighted by atomic mass is 31.2. The van der Waals surface area contributed by atoms with Crippen LogP contribution in [0.15, 0.2) is 60.9 Å². The Bertz CT molecular complexity index is 1100. The third kappa shape index (κ3) is 41.6. The molecule has 0 bridgehead atoms. The van der Waals surface area contributed by atoms with E-state index in [1.54, 1.807) is 6.26 Å². The number of phosphoric acid groups is 1. The predicted molar refractivity (Wildman–Crippen MR) is 232 cm³/mol. The van der Waals surface area contributed by atoms with Crippen LogP contribution in [0.2, 0.25) is 0 Å². The quantitative estimate of drug-likeness (QED) is 0.0162. The number of esters is 1. The Balaban J connectivity index is 4.40.